The highest BCUT2D eigenvalue weighted by molar-refractivity contribution is 5.91. The molecule has 78 valence electrons. The van der Waals surface area contributed by atoms with Crippen LogP contribution in [0.1, 0.15) is 23.7 Å². The van der Waals surface area contributed by atoms with Crippen molar-refractivity contribution < 1.29 is 0 Å². The van der Waals surface area contributed by atoms with Crippen LogP contribution in [0.15, 0.2) is 24.8 Å². The fourth-order valence-corrected chi connectivity index (χ4v) is 2.13. The van der Waals surface area contributed by atoms with Gasteiger partial charge in [-0.2, -0.15) is 0 Å². The van der Waals surface area contributed by atoms with Crippen LogP contribution in [0.2, 0.25) is 0 Å². The highest BCUT2D eigenvalue weighted by atomic mass is 14.9. The number of nitrogens with zero attached hydrogens (tertiary/aromatic N) is 1. The topological polar surface area (TPSA) is 4.93 Å². The Bertz CT molecular complexity index is 518. The first kappa shape index (κ1) is 10.0. The van der Waals surface area contributed by atoms with Crippen LogP contribution in [0.3, 0.4) is 0 Å². The van der Waals surface area contributed by atoms with Crippen molar-refractivity contribution in [3.63, 3.8) is 0 Å². The molecule has 1 heteroatoms. The average molecular weight is 199 g/mol. The van der Waals surface area contributed by atoms with E-state index in [0.717, 1.165) is 6.42 Å². The Morgan fingerprint density at radius 2 is 2.13 bits per heavy atom. The van der Waals surface area contributed by atoms with Crippen LogP contribution in [-0.2, 0) is 13.5 Å². The molecule has 0 unspecified atom stereocenters. The van der Waals surface area contributed by atoms with E-state index in [1.54, 1.807) is 0 Å². The van der Waals surface area contributed by atoms with Crippen LogP contribution >= 0.6 is 0 Å². The minimum atomic E-state index is 1.08. The molecule has 0 bridgehead atoms. The van der Waals surface area contributed by atoms with Crippen LogP contribution in [0.25, 0.3) is 17.0 Å². The number of hydrogen-bond donors (Lipinski definition) is 0. The fraction of sp³-hybridized carbons (Fsp3) is 0.286. The van der Waals surface area contributed by atoms with Crippen molar-refractivity contribution in [2.24, 2.45) is 7.05 Å². The van der Waals surface area contributed by atoms with Gasteiger partial charge in [-0.3, -0.25) is 0 Å². The molecule has 0 spiro atoms. The summed E-state index contributed by atoms with van der Waals surface area (Å²) in [6.07, 6.45) is 3.04. The monoisotopic (exact) mass is 199 g/mol. The summed E-state index contributed by atoms with van der Waals surface area (Å²) in [6, 6.07) is 6.68. The van der Waals surface area contributed by atoms with Gasteiger partial charge in [-0.25, -0.2) is 0 Å². The normalized spacial score (nSPS) is 10.9. The number of rotatable bonds is 2. The van der Waals surface area contributed by atoms with Gasteiger partial charge in [-0.1, -0.05) is 25.6 Å². The maximum atomic E-state index is 3.90. The molecule has 0 aliphatic rings. The molecule has 0 saturated heterocycles. The molecule has 1 aromatic heterocycles. The third-order valence-corrected chi connectivity index (χ3v) is 3.22. The van der Waals surface area contributed by atoms with E-state index in [-0.39, 0.29) is 0 Å². The van der Waals surface area contributed by atoms with E-state index in [9.17, 15) is 0 Å². The second kappa shape index (κ2) is 3.58. The second-order valence-electron chi connectivity index (χ2n) is 3.97. The van der Waals surface area contributed by atoms with Gasteiger partial charge in [-0.15, -0.1) is 0 Å². The molecule has 0 aliphatic heterocycles. The Morgan fingerprint density at radius 1 is 1.40 bits per heavy atom. The van der Waals surface area contributed by atoms with Crippen molar-refractivity contribution in [3.8, 4) is 0 Å². The highest BCUT2D eigenvalue weighted by Gasteiger charge is 2.08. The first-order chi connectivity index (χ1) is 7.19. The molecule has 0 N–H and O–H groups in total. The van der Waals surface area contributed by atoms with Gasteiger partial charge in [0.2, 0.25) is 0 Å². The maximum Gasteiger partial charge on any atom is 0.0486 e. The maximum absolute atomic E-state index is 3.90. The molecular formula is C14H17N. The van der Waals surface area contributed by atoms with Gasteiger partial charge in [0.15, 0.2) is 0 Å². The molecule has 0 atom stereocenters. The Kier molecular flexibility index (Phi) is 2.39. The lowest BCUT2D eigenvalue weighted by Gasteiger charge is -1.99. The molecule has 0 aliphatic carbocycles. The summed E-state index contributed by atoms with van der Waals surface area (Å²) in [6.45, 7) is 8.22. The van der Waals surface area contributed by atoms with Gasteiger partial charge in [0.1, 0.15) is 0 Å². The SMILES string of the molecule is C=Cc1c(C)n(C)c2ccc(CC)cc12. The van der Waals surface area contributed by atoms with Crippen LogP contribution in [0.4, 0.5) is 0 Å². The predicted molar refractivity (Wildman–Crippen MR) is 67.1 cm³/mol. The molecule has 1 nitrogen and oxygen atoms in total. The van der Waals surface area contributed by atoms with Crippen LogP contribution in [0, 0.1) is 6.92 Å². The van der Waals surface area contributed by atoms with Crippen molar-refractivity contribution in [3.05, 3.63) is 41.6 Å². The number of aromatic nitrogens is 1. The third-order valence-electron chi connectivity index (χ3n) is 3.22. The summed E-state index contributed by atoms with van der Waals surface area (Å²) in [5, 5.41) is 1.32. The lowest BCUT2D eigenvalue weighted by Crippen LogP contribution is -1.90. The van der Waals surface area contributed by atoms with Crippen molar-refractivity contribution in [2.75, 3.05) is 0 Å². The van der Waals surface area contributed by atoms with Crippen molar-refractivity contribution in [1.29, 1.82) is 0 Å². The van der Waals surface area contributed by atoms with Gasteiger partial charge in [0, 0.05) is 29.2 Å². The van der Waals surface area contributed by atoms with Crippen LogP contribution in [0.5, 0.6) is 0 Å². The van der Waals surface area contributed by atoms with Gasteiger partial charge >= 0.3 is 0 Å². The van der Waals surface area contributed by atoms with E-state index in [1.807, 2.05) is 6.08 Å². The summed E-state index contributed by atoms with van der Waals surface area (Å²) in [4.78, 5) is 0. The zero-order chi connectivity index (χ0) is 11.0. The minimum absolute atomic E-state index is 1.08. The molecule has 0 fully saturated rings. The van der Waals surface area contributed by atoms with E-state index >= 15 is 0 Å². The second-order valence-corrected chi connectivity index (χ2v) is 3.97. The van der Waals surface area contributed by atoms with Gasteiger partial charge in [0.05, 0.1) is 0 Å². The summed E-state index contributed by atoms with van der Waals surface area (Å²) in [7, 11) is 2.11. The Morgan fingerprint density at radius 3 is 2.73 bits per heavy atom. The molecule has 0 radical (unpaired) electrons. The van der Waals surface area contributed by atoms with Crippen molar-refractivity contribution >= 4 is 17.0 Å². The zero-order valence-corrected chi connectivity index (χ0v) is 9.67. The summed E-state index contributed by atoms with van der Waals surface area (Å²) in [5.74, 6) is 0. The van der Waals surface area contributed by atoms with E-state index in [4.69, 9.17) is 0 Å². The number of benzene rings is 1. The van der Waals surface area contributed by atoms with Gasteiger partial charge in [-0.05, 0) is 31.0 Å². The zero-order valence-electron chi connectivity index (χ0n) is 9.67. The fourth-order valence-electron chi connectivity index (χ4n) is 2.13. The average Bonchev–Trinajstić information content (AvgIpc) is 2.51. The lowest BCUT2D eigenvalue weighted by molar-refractivity contribution is 0.916. The molecule has 0 amide bonds. The first-order valence-electron chi connectivity index (χ1n) is 5.39. The first-order valence-corrected chi connectivity index (χ1v) is 5.39. The van der Waals surface area contributed by atoms with Crippen LogP contribution < -0.4 is 0 Å². The van der Waals surface area contributed by atoms with E-state index in [2.05, 4.69) is 50.2 Å². The lowest BCUT2D eigenvalue weighted by atomic mass is 10.1. The highest BCUT2D eigenvalue weighted by Crippen LogP contribution is 2.26. The number of fused-ring (bicyclic) bond motifs is 1. The number of aryl methyl sites for hydroxylation is 2. The Balaban J connectivity index is 2.85. The van der Waals surface area contributed by atoms with E-state index in [0.29, 0.717) is 0 Å². The Labute approximate surface area is 91.0 Å². The Hall–Kier alpha value is -1.50. The van der Waals surface area contributed by atoms with Crippen molar-refractivity contribution in [1.82, 2.24) is 4.57 Å². The molecule has 2 rings (SSSR count). The van der Waals surface area contributed by atoms with E-state index in [1.165, 1.54) is 27.7 Å². The standard InChI is InChI=1S/C14H17N/c1-5-11-7-8-14-13(9-11)12(6-2)10(3)15(14)4/h6-9H,2,5H2,1,3-4H3. The predicted octanol–water partition coefficient (Wildman–Crippen LogP) is 3.69. The van der Waals surface area contributed by atoms with Crippen molar-refractivity contribution in [2.45, 2.75) is 20.3 Å². The third kappa shape index (κ3) is 1.39. The molecule has 0 saturated carbocycles. The summed E-state index contributed by atoms with van der Waals surface area (Å²) in [5.41, 5.74) is 5.23. The van der Waals surface area contributed by atoms with Gasteiger partial charge < -0.3 is 4.57 Å². The van der Waals surface area contributed by atoms with Crippen LogP contribution in [-0.4, -0.2) is 4.57 Å². The molecular weight excluding hydrogens is 182 g/mol. The molecule has 2 aromatic rings. The smallest absolute Gasteiger partial charge is 0.0486 e. The molecule has 1 aromatic carbocycles. The van der Waals surface area contributed by atoms with E-state index < -0.39 is 0 Å². The van der Waals surface area contributed by atoms with Gasteiger partial charge in [0.25, 0.3) is 0 Å². The quantitative estimate of drug-likeness (QED) is 0.695. The summed E-state index contributed by atoms with van der Waals surface area (Å²) >= 11 is 0. The minimum Gasteiger partial charge on any atom is -0.347 e. The molecule has 15 heavy (non-hydrogen) atoms. The number of hydrogen-bond acceptors (Lipinski definition) is 0. The summed E-state index contributed by atoms with van der Waals surface area (Å²) < 4.78 is 2.23. The molecule has 1 heterocycles. The largest absolute Gasteiger partial charge is 0.347 e.